The molecule has 5 rings (SSSR count). The molecular weight excluding hydrogens is 364 g/mol. The standard InChI is InChI=1S/C23H34N4O2/c1-18-17-24-7-2-21(18)26-10-12-27(13-11-26)22(28)20-16-23(20)5-8-25(9-6-23)19-3-14-29-15-4-19/h2,7,17,19-20H,3-6,8-16H2,1H3. The largest absolute Gasteiger partial charge is 0.381 e. The lowest BCUT2D eigenvalue weighted by molar-refractivity contribution is -0.134. The number of amides is 1. The molecular formula is C23H34N4O2. The molecule has 1 spiro atoms. The molecule has 1 atom stereocenters. The molecule has 29 heavy (non-hydrogen) atoms. The van der Waals surface area contributed by atoms with Crippen LogP contribution >= 0.6 is 0 Å². The Balaban J connectivity index is 1.12. The molecule has 0 aromatic carbocycles. The Morgan fingerprint density at radius 1 is 1.10 bits per heavy atom. The number of carbonyl (C=O) groups excluding carboxylic acids is 1. The summed E-state index contributed by atoms with van der Waals surface area (Å²) in [5.41, 5.74) is 2.79. The number of likely N-dealkylation sites (tertiary alicyclic amines) is 1. The van der Waals surface area contributed by atoms with E-state index in [2.05, 4.69) is 32.7 Å². The normalized spacial score (nSPS) is 28.0. The van der Waals surface area contributed by atoms with Gasteiger partial charge in [-0.2, -0.15) is 0 Å². The SMILES string of the molecule is Cc1cnccc1N1CCN(C(=O)C2CC23CCN(C2CCOCC2)CC3)CC1. The van der Waals surface area contributed by atoms with Gasteiger partial charge in [-0.05, 0) is 69.2 Å². The van der Waals surface area contributed by atoms with Crippen LogP contribution in [-0.2, 0) is 9.53 Å². The van der Waals surface area contributed by atoms with Crippen LogP contribution in [0.3, 0.4) is 0 Å². The first-order valence-corrected chi connectivity index (χ1v) is 11.4. The van der Waals surface area contributed by atoms with E-state index in [1.165, 1.54) is 50.0 Å². The van der Waals surface area contributed by atoms with Gasteiger partial charge in [-0.3, -0.25) is 9.78 Å². The highest BCUT2D eigenvalue weighted by Gasteiger charge is 2.59. The molecule has 1 unspecified atom stereocenters. The van der Waals surface area contributed by atoms with Gasteiger partial charge in [0.2, 0.25) is 5.91 Å². The molecule has 0 bridgehead atoms. The molecule has 158 valence electrons. The van der Waals surface area contributed by atoms with Gasteiger partial charge in [0.15, 0.2) is 0 Å². The van der Waals surface area contributed by atoms with Crippen molar-refractivity contribution >= 4 is 11.6 Å². The summed E-state index contributed by atoms with van der Waals surface area (Å²) in [6, 6.07) is 2.80. The molecule has 1 aliphatic carbocycles. The minimum absolute atomic E-state index is 0.286. The Bertz CT molecular complexity index is 732. The van der Waals surface area contributed by atoms with E-state index in [0.29, 0.717) is 17.4 Å². The van der Waals surface area contributed by atoms with Crippen LogP contribution in [0.2, 0.25) is 0 Å². The second-order valence-corrected chi connectivity index (χ2v) is 9.47. The Morgan fingerprint density at radius 3 is 2.52 bits per heavy atom. The first-order chi connectivity index (χ1) is 14.2. The zero-order valence-electron chi connectivity index (χ0n) is 17.7. The number of carbonyl (C=O) groups is 1. The van der Waals surface area contributed by atoms with Crippen molar-refractivity contribution in [2.75, 3.05) is 57.4 Å². The van der Waals surface area contributed by atoms with Gasteiger partial charge in [-0.25, -0.2) is 0 Å². The van der Waals surface area contributed by atoms with Gasteiger partial charge in [0.1, 0.15) is 0 Å². The van der Waals surface area contributed by atoms with Gasteiger partial charge in [-0.15, -0.1) is 0 Å². The van der Waals surface area contributed by atoms with E-state index in [4.69, 9.17) is 4.74 Å². The lowest BCUT2D eigenvalue weighted by Crippen LogP contribution is -2.50. The van der Waals surface area contributed by atoms with Crippen molar-refractivity contribution in [1.82, 2.24) is 14.8 Å². The summed E-state index contributed by atoms with van der Waals surface area (Å²) in [5.74, 6) is 0.712. The number of piperidine rings is 1. The van der Waals surface area contributed by atoms with Crippen LogP contribution in [0.15, 0.2) is 18.5 Å². The lowest BCUT2D eigenvalue weighted by Gasteiger charge is -2.40. The fraction of sp³-hybridized carbons (Fsp3) is 0.739. The number of hydrogen-bond donors (Lipinski definition) is 0. The predicted octanol–water partition coefficient (Wildman–Crippen LogP) is 2.32. The molecule has 6 nitrogen and oxygen atoms in total. The molecule has 1 saturated carbocycles. The molecule has 6 heteroatoms. The maximum Gasteiger partial charge on any atom is 0.226 e. The molecule has 4 heterocycles. The van der Waals surface area contributed by atoms with Gasteiger partial charge in [0.05, 0.1) is 0 Å². The van der Waals surface area contributed by atoms with Crippen molar-refractivity contribution in [2.24, 2.45) is 11.3 Å². The van der Waals surface area contributed by atoms with Gasteiger partial charge < -0.3 is 19.4 Å². The Morgan fingerprint density at radius 2 is 1.83 bits per heavy atom. The number of hydrogen-bond acceptors (Lipinski definition) is 5. The van der Waals surface area contributed by atoms with Crippen molar-refractivity contribution in [3.63, 3.8) is 0 Å². The van der Waals surface area contributed by atoms with E-state index in [1.807, 2.05) is 12.4 Å². The van der Waals surface area contributed by atoms with Crippen LogP contribution in [0.4, 0.5) is 5.69 Å². The number of rotatable bonds is 3. The van der Waals surface area contributed by atoms with Crippen LogP contribution < -0.4 is 4.90 Å². The van der Waals surface area contributed by atoms with Gasteiger partial charge in [-0.1, -0.05) is 0 Å². The van der Waals surface area contributed by atoms with Crippen LogP contribution in [-0.4, -0.2) is 79.2 Å². The van der Waals surface area contributed by atoms with Crippen LogP contribution in [0.5, 0.6) is 0 Å². The summed E-state index contributed by atoms with van der Waals surface area (Å²) in [5, 5.41) is 0. The van der Waals surface area contributed by atoms with Gasteiger partial charge in [0.25, 0.3) is 0 Å². The summed E-state index contributed by atoms with van der Waals surface area (Å²) < 4.78 is 5.52. The van der Waals surface area contributed by atoms with Crippen molar-refractivity contribution in [2.45, 2.75) is 45.1 Å². The third kappa shape index (κ3) is 3.77. The number of piperazine rings is 1. The van der Waals surface area contributed by atoms with E-state index >= 15 is 0 Å². The first-order valence-electron chi connectivity index (χ1n) is 11.4. The predicted molar refractivity (Wildman–Crippen MR) is 113 cm³/mol. The monoisotopic (exact) mass is 398 g/mol. The highest BCUT2D eigenvalue weighted by molar-refractivity contribution is 5.83. The molecule has 3 aliphatic heterocycles. The third-order valence-corrected chi connectivity index (χ3v) is 7.91. The fourth-order valence-corrected chi connectivity index (χ4v) is 5.84. The van der Waals surface area contributed by atoms with Crippen LogP contribution in [0, 0.1) is 18.3 Å². The third-order valence-electron chi connectivity index (χ3n) is 7.91. The summed E-state index contributed by atoms with van der Waals surface area (Å²) in [4.78, 5) is 24.6. The lowest BCUT2D eigenvalue weighted by atomic mass is 9.89. The van der Waals surface area contributed by atoms with Crippen molar-refractivity contribution in [1.29, 1.82) is 0 Å². The Labute approximate surface area is 174 Å². The van der Waals surface area contributed by atoms with E-state index < -0.39 is 0 Å². The van der Waals surface area contributed by atoms with Crippen molar-refractivity contribution in [3.8, 4) is 0 Å². The second-order valence-electron chi connectivity index (χ2n) is 9.47. The minimum Gasteiger partial charge on any atom is -0.381 e. The summed E-state index contributed by atoms with van der Waals surface area (Å²) in [7, 11) is 0. The average Bonchev–Trinajstić information content (AvgIpc) is 3.48. The van der Waals surface area contributed by atoms with Crippen LogP contribution in [0.1, 0.15) is 37.7 Å². The zero-order valence-corrected chi connectivity index (χ0v) is 17.7. The molecule has 0 N–H and O–H groups in total. The van der Waals surface area contributed by atoms with E-state index in [9.17, 15) is 4.79 Å². The molecule has 1 aromatic heterocycles. The molecule has 4 aliphatic rings. The zero-order chi connectivity index (χ0) is 19.8. The topological polar surface area (TPSA) is 48.9 Å². The Hall–Kier alpha value is -1.66. The molecule has 1 aromatic rings. The van der Waals surface area contributed by atoms with E-state index in [0.717, 1.165) is 45.8 Å². The summed E-state index contributed by atoms with van der Waals surface area (Å²) in [6.45, 7) is 9.83. The summed E-state index contributed by atoms with van der Waals surface area (Å²) >= 11 is 0. The fourth-order valence-electron chi connectivity index (χ4n) is 5.84. The number of ether oxygens (including phenoxy) is 1. The van der Waals surface area contributed by atoms with Crippen LogP contribution in [0.25, 0.3) is 0 Å². The van der Waals surface area contributed by atoms with E-state index in [-0.39, 0.29) is 5.92 Å². The molecule has 1 amide bonds. The summed E-state index contributed by atoms with van der Waals surface area (Å²) in [6.07, 6.45) is 9.67. The highest BCUT2D eigenvalue weighted by atomic mass is 16.5. The van der Waals surface area contributed by atoms with Crippen molar-refractivity contribution in [3.05, 3.63) is 24.0 Å². The van der Waals surface area contributed by atoms with E-state index in [1.54, 1.807) is 0 Å². The minimum atomic E-state index is 0.286. The molecule has 4 fully saturated rings. The quantitative estimate of drug-likeness (QED) is 0.782. The maximum absolute atomic E-state index is 13.2. The molecule has 0 radical (unpaired) electrons. The number of pyridine rings is 1. The Kier molecular flexibility index (Phi) is 5.25. The van der Waals surface area contributed by atoms with Gasteiger partial charge >= 0.3 is 0 Å². The smallest absolute Gasteiger partial charge is 0.226 e. The number of aromatic nitrogens is 1. The number of anilines is 1. The average molecular weight is 399 g/mol. The van der Waals surface area contributed by atoms with Gasteiger partial charge in [0, 0.05) is 69.4 Å². The first kappa shape index (κ1) is 19.3. The maximum atomic E-state index is 13.2. The second kappa shape index (κ2) is 7.88. The highest BCUT2D eigenvalue weighted by Crippen LogP contribution is 2.60. The molecule has 3 saturated heterocycles. The number of aryl methyl sites for hydroxylation is 1. The number of nitrogens with zero attached hydrogens (tertiary/aromatic N) is 4. The van der Waals surface area contributed by atoms with Crippen molar-refractivity contribution < 1.29 is 9.53 Å².